The van der Waals surface area contributed by atoms with Gasteiger partial charge in [0, 0.05) is 41.9 Å². The molecule has 2 aromatic heterocycles. The number of benzene rings is 2. The predicted molar refractivity (Wildman–Crippen MR) is 178 cm³/mol. The summed E-state index contributed by atoms with van der Waals surface area (Å²) >= 11 is 0. The molecule has 5 N–H and O–H groups in total. The van der Waals surface area contributed by atoms with Crippen molar-refractivity contribution in [2.45, 2.75) is 38.1 Å². The number of hydrogen-bond acceptors (Lipinski definition) is 10. The Hall–Kier alpha value is -4.30. The Bertz CT molecular complexity index is 1630. The number of carbonyl (C=O) groups excluding carboxylic acids is 2. The maximum absolute atomic E-state index is 15.4. The van der Waals surface area contributed by atoms with Gasteiger partial charge in [0.1, 0.15) is 11.6 Å². The summed E-state index contributed by atoms with van der Waals surface area (Å²) in [6.07, 6.45) is 4.66. The van der Waals surface area contributed by atoms with Gasteiger partial charge in [0.15, 0.2) is 0 Å². The molecule has 2 fully saturated rings. The molecule has 0 spiro atoms. The van der Waals surface area contributed by atoms with Crippen LogP contribution >= 0.6 is 12.4 Å². The summed E-state index contributed by atoms with van der Waals surface area (Å²) in [5, 5.41) is 14.0. The number of nitrogens with one attached hydrogen (secondary N) is 1. The Balaban J connectivity index is 0.00000433. The van der Waals surface area contributed by atoms with Gasteiger partial charge in [-0.1, -0.05) is 12.1 Å². The van der Waals surface area contributed by atoms with Crippen LogP contribution in [0, 0.1) is 17.7 Å². The molecule has 4 aromatic rings. The van der Waals surface area contributed by atoms with Gasteiger partial charge in [0.25, 0.3) is 5.91 Å². The van der Waals surface area contributed by atoms with Crippen LogP contribution in [-0.2, 0) is 20.7 Å². The van der Waals surface area contributed by atoms with E-state index in [0.29, 0.717) is 72.3 Å². The third-order valence-electron chi connectivity index (χ3n) is 8.90. The Morgan fingerprint density at radius 3 is 2.36 bits per heavy atom. The smallest absolute Gasteiger partial charge is 0.251 e. The van der Waals surface area contributed by atoms with Crippen LogP contribution in [0.2, 0.25) is 0 Å². The van der Waals surface area contributed by atoms with Crippen LogP contribution in [0.4, 0.5) is 15.9 Å². The molecule has 1 aliphatic carbocycles. The van der Waals surface area contributed by atoms with Crippen LogP contribution in [0.1, 0.15) is 31.2 Å². The summed E-state index contributed by atoms with van der Waals surface area (Å²) in [4.78, 5) is 35.6. The number of imide groups is 1. The van der Waals surface area contributed by atoms with Crippen molar-refractivity contribution in [3.8, 4) is 22.5 Å². The monoisotopic (exact) mass is 663 g/mol. The lowest BCUT2D eigenvalue weighted by atomic mass is 9.81. The average Bonchev–Trinajstić information content (AvgIpc) is 3.65. The summed E-state index contributed by atoms with van der Waals surface area (Å²) in [6, 6.07) is 14.2. The number of nitrogens with two attached hydrogens (primary N) is 2. The molecule has 1 saturated heterocycles. The van der Waals surface area contributed by atoms with Gasteiger partial charge in [-0.15, -0.1) is 22.6 Å². The lowest BCUT2D eigenvalue weighted by molar-refractivity contribution is -0.130. The maximum Gasteiger partial charge on any atom is 0.251 e. The van der Waals surface area contributed by atoms with E-state index in [2.05, 4.69) is 30.5 Å². The molecule has 0 bridgehead atoms. The average molecular weight is 664 g/mol. The first-order chi connectivity index (χ1) is 22.4. The highest BCUT2D eigenvalue weighted by molar-refractivity contribution is 6.17. The molecule has 2 amide bonds. The Kier molecular flexibility index (Phi) is 11.2. The highest BCUT2D eigenvalue weighted by atomic mass is 35.5. The van der Waals surface area contributed by atoms with E-state index >= 15 is 4.39 Å². The van der Waals surface area contributed by atoms with Crippen molar-refractivity contribution in [3.63, 3.8) is 0 Å². The fourth-order valence-electron chi connectivity index (χ4n) is 6.19. The molecule has 12 nitrogen and oxygen atoms in total. The van der Waals surface area contributed by atoms with E-state index in [4.69, 9.17) is 16.2 Å². The van der Waals surface area contributed by atoms with E-state index in [-0.39, 0.29) is 30.7 Å². The van der Waals surface area contributed by atoms with Crippen molar-refractivity contribution in [2.75, 3.05) is 42.6 Å². The van der Waals surface area contributed by atoms with Crippen LogP contribution in [-0.4, -0.2) is 76.3 Å². The number of morpholine rings is 1. The van der Waals surface area contributed by atoms with Crippen LogP contribution < -0.4 is 21.3 Å². The first-order valence-corrected chi connectivity index (χ1v) is 15.7. The van der Waals surface area contributed by atoms with Crippen molar-refractivity contribution >= 4 is 35.7 Å². The summed E-state index contributed by atoms with van der Waals surface area (Å²) in [7, 11) is 0. The summed E-state index contributed by atoms with van der Waals surface area (Å²) in [5.74, 6) is -0.0218. The number of pyridine rings is 1. The quantitative estimate of drug-likeness (QED) is 0.241. The third kappa shape index (κ3) is 7.82. The lowest BCUT2D eigenvalue weighted by Crippen LogP contribution is -2.50. The fraction of sp³-hybridized carbons (Fsp3) is 0.394. The van der Waals surface area contributed by atoms with Gasteiger partial charge in [0.2, 0.25) is 11.7 Å². The number of ether oxygens (including phenoxy) is 1. The second-order valence-corrected chi connectivity index (χ2v) is 11.9. The summed E-state index contributed by atoms with van der Waals surface area (Å²) in [5.41, 5.74) is 15.0. The van der Waals surface area contributed by atoms with Gasteiger partial charge in [-0.25, -0.2) is 14.3 Å². The van der Waals surface area contributed by atoms with Gasteiger partial charge in [0.05, 0.1) is 24.9 Å². The topological polar surface area (TPSA) is 169 Å². The normalized spacial score (nSPS) is 18.7. The van der Waals surface area contributed by atoms with Gasteiger partial charge in [-0.2, -0.15) is 5.21 Å². The van der Waals surface area contributed by atoms with Gasteiger partial charge in [-0.05, 0) is 97.8 Å². The van der Waals surface area contributed by atoms with E-state index < -0.39 is 17.8 Å². The number of hydrogen-bond donors (Lipinski definition) is 3. The molecule has 6 rings (SSSR count). The van der Waals surface area contributed by atoms with Crippen LogP contribution in [0.15, 0.2) is 60.8 Å². The van der Waals surface area contributed by atoms with E-state index in [1.54, 1.807) is 42.6 Å². The number of H-pyrrole nitrogens is 1. The van der Waals surface area contributed by atoms with Gasteiger partial charge >= 0.3 is 0 Å². The van der Waals surface area contributed by atoms with Crippen molar-refractivity contribution in [1.82, 2.24) is 25.6 Å². The molecule has 0 unspecified atom stereocenters. The van der Waals surface area contributed by atoms with Crippen molar-refractivity contribution in [3.05, 3.63) is 72.2 Å². The zero-order valence-corrected chi connectivity index (χ0v) is 26.7. The van der Waals surface area contributed by atoms with Crippen LogP contribution in [0.5, 0.6) is 0 Å². The second-order valence-electron chi connectivity index (χ2n) is 11.9. The van der Waals surface area contributed by atoms with Gasteiger partial charge < -0.3 is 21.1 Å². The number of anilines is 2. The van der Waals surface area contributed by atoms with Crippen LogP contribution in [0.25, 0.3) is 22.5 Å². The Morgan fingerprint density at radius 1 is 1.02 bits per heavy atom. The molecule has 47 heavy (non-hydrogen) atoms. The first kappa shape index (κ1) is 34.0. The number of nitrogens with zero attached hydrogens (tertiary/aromatic N) is 6. The number of rotatable bonds is 9. The Labute approximate surface area is 278 Å². The van der Waals surface area contributed by atoms with E-state index in [9.17, 15) is 9.59 Å². The number of halogens is 2. The molecular formula is C33H39ClFN9O3. The van der Waals surface area contributed by atoms with E-state index in [1.165, 1.54) is 11.0 Å². The number of tetrazole rings is 1. The second kappa shape index (κ2) is 15.5. The minimum atomic E-state index is -1.08. The number of aromatic amines is 1. The first-order valence-electron chi connectivity index (χ1n) is 15.7. The molecule has 1 atom stereocenters. The highest BCUT2D eigenvalue weighted by Crippen LogP contribution is 2.32. The molecule has 2 aromatic carbocycles. The molecule has 0 radical (unpaired) electrons. The fourth-order valence-corrected chi connectivity index (χ4v) is 6.19. The Morgan fingerprint density at radius 2 is 1.74 bits per heavy atom. The third-order valence-corrected chi connectivity index (χ3v) is 8.90. The minimum Gasteiger partial charge on any atom is -0.378 e. The lowest BCUT2D eigenvalue weighted by Gasteiger charge is -2.32. The molecule has 1 aliphatic heterocycles. The number of amides is 2. The zero-order valence-electron chi connectivity index (χ0n) is 25.9. The molecule has 1 saturated carbocycles. The number of carbonyl (C=O) groups is 2. The van der Waals surface area contributed by atoms with Crippen molar-refractivity contribution in [1.29, 1.82) is 0 Å². The summed E-state index contributed by atoms with van der Waals surface area (Å²) in [6.45, 7) is 3.41. The molecule has 3 heterocycles. The maximum atomic E-state index is 15.4. The molecule has 2 aliphatic rings. The van der Waals surface area contributed by atoms with Crippen molar-refractivity contribution < 1.29 is 18.7 Å². The van der Waals surface area contributed by atoms with E-state index in [1.807, 2.05) is 12.1 Å². The van der Waals surface area contributed by atoms with Crippen molar-refractivity contribution in [2.24, 2.45) is 23.3 Å². The summed E-state index contributed by atoms with van der Waals surface area (Å²) < 4.78 is 20.8. The predicted octanol–water partition coefficient (Wildman–Crippen LogP) is 3.52. The standard InChI is InChI=1S/C33H38FN9O3.ClH/c34-28-17-22(3-11-27(28)25-8-12-30(37-20-25)42-13-15-46-16-14-42)18-29(36)33(45)43(32(44)24-4-1-21(19-35)2-5-24)26-9-6-23(7-10-26)31-38-40-41-39-31;/h3,6-12,17,20-21,24,29H,1-2,4-5,13-16,18-19,35-36H2,(H,38,39,40,41);1H/t21?,24?,29-;/m0./s1. The molecular weight excluding hydrogens is 625 g/mol. The van der Waals surface area contributed by atoms with Crippen LogP contribution in [0.3, 0.4) is 0 Å². The number of aromatic nitrogens is 5. The SMILES string of the molecule is Cl.NCC1CCC(C(=O)N(C(=O)[C@@H](N)Cc2ccc(-c3ccc(N4CCOCC4)nc3)c(F)c2)c2ccc(-c3nn[nH]n3)cc2)CC1. The van der Waals surface area contributed by atoms with Gasteiger partial charge in [-0.3, -0.25) is 9.59 Å². The van der Waals surface area contributed by atoms with E-state index in [0.717, 1.165) is 31.7 Å². The zero-order chi connectivity index (χ0) is 32.0. The largest absolute Gasteiger partial charge is 0.378 e. The minimum absolute atomic E-state index is 0. The highest BCUT2D eigenvalue weighted by Gasteiger charge is 2.35. The molecule has 248 valence electrons. The molecule has 14 heteroatoms.